The normalized spacial score (nSPS) is 14.3. The third-order valence-electron chi connectivity index (χ3n) is 4.75. The predicted molar refractivity (Wildman–Crippen MR) is 105 cm³/mol. The molecule has 6 heteroatoms. The van der Waals surface area contributed by atoms with E-state index in [-0.39, 0.29) is 18.4 Å². The Morgan fingerprint density at radius 1 is 1.11 bits per heavy atom. The Balaban J connectivity index is 1.85. The second-order valence-electron chi connectivity index (χ2n) is 6.90. The Kier molecular flexibility index (Phi) is 5.16. The van der Waals surface area contributed by atoms with Crippen LogP contribution in [-0.4, -0.2) is 27.6 Å². The number of para-hydroxylation sites is 1. The van der Waals surface area contributed by atoms with Gasteiger partial charge in [0.15, 0.2) is 0 Å². The molecule has 0 spiro atoms. The van der Waals surface area contributed by atoms with Crippen LogP contribution in [0.4, 0.5) is 4.79 Å². The van der Waals surface area contributed by atoms with E-state index in [1.165, 1.54) is 0 Å². The third kappa shape index (κ3) is 4.11. The quantitative estimate of drug-likeness (QED) is 0.537. The molecule has 0 saturated heterocycles. The van der Waals surface area contributed by atoms with Crippen LogP contribution in [0.25, 0.3) is 10.9 Å². The summed E-state index contributed by atoms with van der Waals surface area (Å²) < 4.78 is 0. The lowest BCUT2D eigenvalue weighted by molar-refractivity contribution is -0.127. The highest BCUT2D eigenvalue weighted by Crippen LogP contribution is 2.23. The highest BCUT2D eigenvalue weighted by molar-refractivity contribution is 5.91. The molecule has 0 aliphatic heterocycles. The van der Waals surface area contributed by atoms with Crippen LogP contribution >= 0.6 is 0 Å². The fraction of sp³-hybridized carbons (Fsp3) is 0.238. The van der Waals surface area contributed by atoms with Crippen LogP contribution in [0.3, 0.4) is 0 Å². The van der Waals surface area contributed by atoms with Crippen molar-refractivity contribution in [3.63, 3.8) is 0 Å². The third-order valence-corrected chi connectivity index (χ3v) is 4.75. The van der Waals surface area contributed by atoms with E-state index < -0.39 is 11.6 Å². The molecule has 2 atom stereocenters. The molecule has 0 saturated carbocycles. The van der Waals surface area contributed by atoms with E-state index >= 15 is 0 Å². The zero-order valence-corrected chi connectivity index (χ0v) is 15.3. The minimum atomic E-state index is -1.31. The summed E-state index contributed by atoms with van der Waals surface area (Å²) in [7, 11) is 0. The van der Waals surface area contributed by atoms with Crippen molar-refractivity contribution >= 4 is 22.9 Å². The van der Waals surface area contributed by atoms with Gasteiger partial charge in [-0.05, 0) is 31.0 Å². The standard InChI is InChI=1S/C21H23N3O3/c1-14(15-8-4-3-5-9-15)23-19(25)21(2,24-20(26)27)12-16-13-22-18-11-7-6-10-17(16)18/h3-11,13-14,22,24H,12H2,1-2H3,(H,23,25)(H,26,27)/t14-,21+/m0/s1. The maximum Gasteiger partial charge on any atom is 0.405 e. The maximum atomic E-state index is 13.0. The lowest BCUT2D eigenvalue weighted by atomic mass is 9.91. The molecule has 1 aromatic heterocycles. The summed E-state index contributed by atoms with van der Waals surface area (Å²) in [4.78, 5) is 27.5. The topological polar surface area (TPSA) is 94.2 Å². The fourth-order valence-electron chi connectivity index (χ4n) is 3.26. The van der Waals surface area contributed by atoms with Crippen molar-refractivity contribution in [2.24, 2.45) is 0 Å². The minimum Gasteiger partial charge on any atom is -0.465 e. The highest BCUT2D eigenvalue weighted by Gasteiger charge is 2.36. The van der Waals surface area contributed by atoms with Crippen molar-refractivity contribution in [3.8, 4) is 0 Å². The van der Waals surface area contributed by atoms with E-state index in [0.717, 1.165) is 22.0 Å². The smallest absolute Gasteiger partial charge is 0.405 e. The molecule has 0 aliphatic rings. The number of nitrogens with one attached hydrogen (secondary N) is 3. The molecule has 0 fully saturated rings. The number of carbonyl (C=O) groups excluding carboxylic acids is 1. The molecular weight excluding hydrogens is 342 g/mol. The first-order valence-electron chi connectivity index (χ1n) is 8.81. The van der Waals surface area contributed by atoms with Crippen molar-refractivity contribution in [1.82, 2.24) is 15.6 Å². The van der Waals surface area contributed by atoms with E-state index in [1.54, 1.807) is 6.92 Å². The van der Waals surface area contributed by atoms with Crippen LogP contribution in [0.1, 0.15) is 31.0 Å². The summed E-state index contributed by atoms with van der Waals surface area (Å²) in [5, 5.41) is 15.6. The zero-order chi connectivity index (χ0) is 19.4. The number of fused-ring (bicyclic) bond motifs is 1. The van der Waals surface area contributed by atoms with Crippen molar-refractivity contribution in [2.75, 3.05) is 0 Å². The van der Waals surface area contributed by atoms with Crippen molar-refractivity contribution in [2.45, 2.75) is 31.8 Å². The average Bonchev–Trinajstić information content (AvgIpc) is 3.04. The average molecular weight is 365 g/mol. The monoisotopic (exact) mass is 365 g/mol. The number of hydrogen-bond donors (Lipinski definition) is 4. The number of rotatable bonds is 6. The predicted octanol–water partition coefficient (Wildman–Crippen LogP) is 3.61. The van der Waals surface area contributed by atoms with Crippen LogP contribution < -0.4 is 10.6 Å². The number of aromatic amines is 1. The summed E-state index contributed by atoms with van der Waals surface area (Å²) in [6, 6.07) is 17.0. The van der Waals surface area contributed by atoms with Crippen LogP contribution in [0.5, 0.6) is 0 Å². The number of hydrogen-bond acceptors (Lipinski definition) is 2. The van der Waals surface area contributed by atoms with E-state index in [9.17, 15) is 14.7 Å². The molecule has 27 heavy (non-hydrogen) atoms. The van der Waals surface area contributed by atoms with Gasteiger partial charge in [0.05, 0.1) is 6.04 Å². The summed E-state index contributed by atoms with van der Waals surface area (Å²) in [5.41, 5.74) is 1.48. The molecule has 2 aromatic carbocycles. The van der Waals surface area contributed by atoms with E-state index in [2.05, 4.69) is 15.6 Å². The first-order chi connectivity index (χ1) is 12.9. The lowest BCUT2D eigenvalue weighted by Gasteiger charge is -2.30. The van der Waals surface area contributed by atoms with Crippen LogP contribution in [0.15, 0.2) is 60.8 Å². The molecule has 1 heterocycles. The number of aromatic nitrogens is 1. The largest absolute Gasteiger partial charge is 0.465 e. The highest BCUT2D eigenvalue weighted by atomic mass is 16.4. The maximum absolute atomic E-state index is 13.0. The number of benzene rings is 2. The first kappa shape index (κ1) is 18.5. The molecule has 140 valence electrons. The summed E-state index contributed by atoms with van der Waals surface area (Å²) in [6.45, 7) is 3.48. The van der Waals surface area contributed by atoms with E-state index in [4.69, 9.17) is 0 Å². The summed E-state index contributed by atoms with van der Waals surface area (Å²) in [6.07, 6.45) is 0.816. The molecule has 3 rings (SSSR count). The van der Waals surface area contributed by atoms with Gasteiger partial charge < -0.3 is 20.7 Å². The fourth-order valence-corrected chi connectivity index (χ4v) is 3.26. The second kappa shape index (κ2) is 7.53. The van der Waals surface area contributed by atoms with Gasteiger partial charge in [-0.3, -0.25) is 4.79 Å². The van der Waals surface area contributed by atoms with E-state index in [0.29, 0.717) is 0 Å². The Hall–Kier alpha value is -3.28. The molecule has 0 radical (unpaired) electrons. The van der Waals surface area contributed by atoms with Crippen molar-refractivity contribution < 1.29 is 14.7 Å². The van der Waals surface area contributed by atoms with Gasteiger partial charge in [-0.1, -0.05) is 48.5 Å². The molecule has 0 unspecified atom stereocenters. The van der Waals surface area contributed by atoms with Gasteiger partial charge in [-0.25, -0.2) is 4.79 Å². The molecule has 6 nitrogen and oxygen atoms in total. The van der Waals surface area contributed by atoms with Gasteiger partial charge >= 0.3 is 6.09 Å². The summed E-state index contributed by atoms with van der Waals surface area (Å²) in [5.74, 6) is -0.369. The molecule has 2 amide bonds. The number of carboxylic acid groups (broad SMARTS) is 1. The number of carbonyl (C=O) groups is 2. The minimum absolute atomic E-state index is 0.233. The number of amides is 2. The summed E-state index contributed by atoms with van der Waals surface area (Å²) >= 11 is 0. The van der Waals surface area contributed by atoms with Gasteiger partial charge in [0.2, 0.25) is 5.91 Å². The van der Waals surface area contributed by atoms with Crippen molar-refractivity contribution in [1.29, 1.82) is 0 Å². The van der Waals surface area contributed by atoms with Gasteiger partial charge in [0.25, 0.3) is 0 Å². The second-order valence-corrected chi connectivity index (χ2v) is 6.90. The Morgan fingerprint density at radius 2 is 1.78 bits per heavy atom. The number of H-pyrrole nitrogens is 1. The Labute approximate surface area is 157 Å². The lowest BCUT2D eigenvalue weighted by Crippen LogP contribution is -2.58. The van der Waals surface area contributed by atoms with Gasteiger partial charge in [-0.15, -0.1) is 0 Å². The molecular formula is C21H23N3O3. The molecule has 0 aliphatic carbocycles. The SMILES string of the molecule is C[C@H](NC(=O)[C@@](C)(Cc1c[nH]c2ccccc12)NC(=O)O)c1ccccc1. The zero-order valence-electron chi connectivity index (χ0n) is 15.3. The van der Waals surface area contributed by atoms with Gasteiger partial charge in [0.1, 0.15) is 5.54 Å². The first-order valence-corrected chi connectivity index (χ1v) is 8.81. The Bertz CT molecular complexity index is 951. The van der Waals surface area contributed by atoms with Crippen LogP contribution in [0, 0.1) is 0 Å². The van der Waals surface area contributed by atoms with Crippen molar-refractivity contribution in [3.05, 3.63) is 71.9 Å². The Morgan fingerprint density at radius 3 is 2.48 bits per heavy atom. The van der Waals surface area contributed by atoms with E-state index in [1.807, 2.05) is 67.7 Å². The van der Waals surface area contributed by atoms with Gasteiger partial charge in [-0.2, -0.15) is 0 Å². The van der Waals surface area contributed by atoms with Gasteiger partial charge in [0, 0.05) is 23.5 Å². The molecule has 3 aromatic rings. The van der Waals surface area contributed by atoms with Crippen LogP contribution in [0.2, 0.25) is 0 Å². The molecule has 4 N–H and O–H groups in total. The molecule has 0 bridgehead atoms. The van der Waals surface area contributed by atoms with Crippen LogP contribution in [-0.2, 0) is 11.2 Å².